The van der Waals surface area contributed by atoms with E-state index in [9.17, 15) is 4.79 Å². The summed E-state index contributed by atoms with van der Waals surface area (Å²) in [6.45, 7) is 5.11. The van der Waals surface area contributed by atoms with Gasteiger partial charge in [0, 0.05) is 20.3 Å². The summed E-state index contributed by atoms with van der Waals surface area (Å²) in [6, 6.07) is -0.466. The van der Waals surface area contributed by atoms with Crippen LogP contribution < -0.4 is 5.73 Å². The lowest BCUT2D eigenvalue weighted by molar-refractivity contribution is -0.119. The van der Waals surface area contributed by atoms with Gasteiger partial charge >= 0.3 is 0 Å². The van der Waals surface area contributed by atoms with Crippen LogP contribution in [0.25, 0.3) is 0 Å². The fourth-order valence-corrected chi connectivity index (χ4v) is 2.14. The Bertz CT molecular complexity index is 432. The van der Waals surface area contributed by atoms with Crippen molar-refractivity contribution in [3.63, 3.8) is 0 Å². The van der Waals surface area contributed by atoms with Crippen LogP contribution in [0.3, 0.4) is 0 Å². The monoisotopic (exact) mass is 287 g/mol. The van der Waals surface area contributed by atoms with Crippen LogP contribution in [0.1, 0.15) is 31.2 Å². The Balaban J connectivity index is 2.66. The van der Waals surface area contributed by atoms with Crippen molar-refractivity contribution in [2.45, 2.75) is 45.7 Å². The summed E-state index contributed by atoms with van der Waals surface area (Å²) in [6.07, 6.45) is 1.65. The van der Waals surface area contributed by atoms with Crippen LogP contribution in [-0.2, 0) is 22.5 Å². The Labute approximate surface area is 119 Å². The molecule has 0 amide bonds. The number of ether oxygens (including phenoxy) is 1. The molecule has 0 spiro atoms. The van der Waals surface area contributed by atoms with E-state index in [1.807, 2.05) is 13.8 Å². The highest BCUT2D eigenvalue weighted by Crippen LogP contribution is 2.21. The molecule has 0 saturated carbocycles. The maximum Gasteiger partial charge on any atom is 0.155 e. The second kappa shape index (κ2) is 7.62. The number of methoxy groups -OCH3 is 1. The van der Waals surface area contributed by atoms with Crippen molar-refractivity contribution in [3.8, 4) is 0 Å². The van der Waals surface area contributed by atoms with Gasteiger partial charge < -0.3 is 10.5 Å². The third kappa shape index (κ3) is 4.30. The molecule has 108 valence electrons. The molecule has 1 rings (SSSR count). The maximum atomic E-state index is 12.1. The molecule has 0 bridgehead atoms. The summed E-state index contributed by atoms with van der Waals surface area (Å²) in [7, 11) is 1.63. The molecule has 1 atom stereocenters. The Hall–Kier alpha value is -0.910. The number of aryl methyl sites for hydroxylation is 2. The molecule has 0 aliphatic carbocycles. The third-order valence-electron chi connectivity index (χ3n) is 3.07. The minimum atomic E-state index is -0.466. The van der Waals surface area contributed by atoms with E-state index >= 15 is 0 Å². The molecular formula is C13H22ClN3O2. The maximum absolute atomic E-state index is 12.1. The smallest absolute Gasteiger partial charge is 0.155 e. The fraction of sp³-hybridized carbons (Fsp3) is 0.692. The minimum absolute atomic E-state index is 0.00685. The van der Waals surface area contributed by atoms with Gasteiger partial charge in [-0.05, 0) is 26.7 Å². The van der Waals surface area contributed by atoms with E-state index in [0.29, 0.717) is 24.6 Å². The van der Waals surface area contributed by atoms with Crippen LogP contribution in [0.15, 0.2) is 0 Å². The minimum Gasteiger partial charge on any atom is -0.385 e. The van der Waals surface area contributed by atoms with E-state index in [4.69, 9.17) is 22.1 Å². The first kappa shape index (κ1) is 16.1. The molecule has 1 aromatic heterocycles. The number of nitrogens with two attached hydrogens (primary N) is 1. The third-order valence-corrected chi connectivity index (χ3v) is 3.56. The normalized spacial score (nSPS) is 12.7. The van der Waals surface area contributed by atoms with Gasteiger partial charge in [0.05, 0.1) is 28.9 Å². The molecule has 0 aliphatic heterocycles. The molecule has 0 fully saturated rings. The Morgan fingerprint density at radius 3 is 2.84 bits per heavy atom. The van der Waals surface area contributed by atoms with E-state index < -0.39 is 6.04 Å². The molecule has 0 aromatic carbocycles. The van der Waals surface area contributed by atoms with Gasteiger partial charge in [-0.15, -0.1) is 0 Å². The number of nitrogens with zero attached hydrogens (tertiary/aromatic N) is 2. The van der Waals surface area contributed by atoms with Gasteiger partial charge in [-0.1, -0.05) is 11.6 Å². The molecule has 1 aromatic rings. The first-order valence-corrected chi connectivity index (χ1v) is 6.88. The summed E-state index contributed by atoms with van der Waals surface area (Å²) < 4.78 is 6.71. The van der Waals surface area contributed by atoms with Gasteiger partial charge in [0.2, 0.25) is 0 Å². The lowest BCUT2D eigenvalue weighted by atomic mass is 10.0. The lowest BCUT2D eigenvalue weighted by Gasteiger charge is -2.11. The summed E-state index contributed by atoms with van der Waals surface area (Å²) in [4.78, 5) is 12.1. The van der Waals surface area contributed by atoms with Crippen molar-refractivity contribution < 1.29 is 9.53 Å². The molecule has 6 heteroatoms. The molecule has 0 radical (unpaired) electrons. The quantitative estimate of drug-likeness (QED) is 0.739. The van der Waals surface area contributed by atoms with E-state index in [1.54, 1.807) is 11.8 Å². The van der Waals surface area contributed by atoms with Gasteiger partial charge in [-0.25, -0.2) is 0 Å². The van der Waals surface area contributed by atoms with E-state index in [1.165, 1.54) is 0 Å². The topological polar surface area (TPSA) is 70.1 Å². The number of halogens is 1. The molecular weight excluding hydrogens is 266 g/mol. The fourth-order valence-electron chi connectivity index (χ4n) is 1.94. The van der Waals surface area contributed by atoms with Crippen LogP contribution in [0.4, 0.5) is 0 Å². The zero-order chi connectivity index (χ0) is 14.4. The first-order valence-electron chi connectivity index (χ1n) is 6.50. The van der Waals surface area contributed by atoms with Crippen molar-refractivity contribution in [2.75, 3.05) is 13.7 Å². The van der Waals surface area contributed by atoms with Gasteiger partial charge in [0.1, 0.15) is 0 Å². The summed E-state index contributed by atoms with van der Waals surface area (Å²) >= 11 is 6.17. The van der Waals surface area contributed by atoms with Crippen LogP contribution in [0, 0.1) is 6.92 Å². The Morgan fingerprint density at radius 2 is 2.26 bits per heavy atom. The van der Waals surface area contributed by atoms with Gasteiger partial charge in [0.15, 0.2) is 5.78 Å². The van der Waals surface area contributed by atoms with Gasteiger partial charge in [0.25, 0.3) is 0 Å². The van der Waals surface area contributed by atoms with E-state index in [2.05, 4.69) is 5.10 Å². The second-order valence-electron chi connectivity index (χ2n) is 4.55. The average molecular weight is 288 g/mol. The second-order valence-corrected chi connectivity index (χ2v) is 4.92. The molecule has 2 N–H and O–H groups in total. The van der Waals surface area contributed by atoms with Crippen molar-refractivity contribution in [3.05, 3.63) is 16.4 Å². The summed E-state index contributed by atoms with van der Waals surface area (Å²) in [5, 5.41) is 4.86. The van der Waals surface area contributed by atoms with Gasteiger partial charge in [-0.3, -0.25) is 9.48 Å². The van der Waals surface area contributed by atoms with Crippen molar-refractivity contribution in [1.82, 2.24) is 9.78 Å². The Morgan fingerprint density at radius 1 is 1.58 bits per heavy atom. The SMILES string of the molecule is CCn1nc(C)c(Cl)c1CC(=O)C(N)CCCOC. The van der Waals surface area contributed by atoms with Crippen molar-refractivity contribution in [2.24, 2.45) is 5.73 Å². The number of carbonyl (C=O) groups is 1. The summed E-state index contributed by atoms with van der Waals surface area (Å²) in [5.41, 5.74) is 7.38. The number of hydrogen-bond acceptors (Lipinski definition) is 4. The number of ketones is 1. The zero-order valence-electron chi connectivity index (χ0n) is 11.8. The number of aromatic nitrogens is 2. The molecule has 1 unspecified atom stereocenters. The van der Waals surface area contributed by atoms with Crippen LogP contribution in [-0.4, -0.2) is 35.3 Å². The molecule has 0 aliphatic rings. The van der Waals surface area contributed by atoms with Crippen LogP contribution in [0.2, 0.25) is 5.02 Å². The number of hydrogen-bond donors (Lipinski definition) is 1. The van der Waals surface area contributed by atoms with E-state index in [-0.39, 0.29) is 12.2 Å². The predicted octanol–water partition coefficient (Wildman–Crippen LogP) is 1.73. The zero-order valence-corrected chi connectivity index (χ0v) is 12.5. The highest BCUT2D eigenvalue weighted by atomic mass is 35.5. The predicted molar refractivity (Wildman–Crippen MR) is 75.4 cm³/mol. The standard InChI is InChI=1S/C13H22ClN3O2/c1-4-17-11(13(14)9(2)16-17)8-12(18)10(15)6-5-7-19-3/h10H,4-8,15H2,1-3H3. The number of Topliss-reactive ketones (excluding diaryl/α,β-unsaturated/α-hetero) is 1. The average Bonchev–Trinajstić information content (AvgIpc) is 2.66. The van der Waals surface area contributed by atoms with Crippen LogP contribution in [0.5, 0.6) is 0 Å². The highest BCUT2D eigenvalue weighted by Gasteiger charge is 2.19. The largest absolute Gasteiger partial charge is 0.385 e. The van der Waals surface area contributed by atoms with Crippen molar-refractivity contribution in [1.29, 1.82) is 0 Å². The molecule has 5 nitrogen and oxygen atoms in total. The molecule has 19 heavy (non-hydrogen) atoms. The lowest BCUT2D eigenvalue weighted by Crippen LogP contribution is -2.32. The highest BCUT2D eigenvalue weighted by molar-refractivity contribution is 6.32. The van der Waals surface area contributed by atoms with Crippen LogP contribution >= 0.6 is 11.6 Å². The Kier molecular flexibility index (Phi) is 6.48. The molecule has 1 heterocycles. The summed E-state index contributed by atoms with van der Waals surface area (Å²) in [5.74, 6) is -0.00685. The van der Waals surface area contributed by atoms with Crippen molar-refractivity contribution >= 4 is 17.4 Å². The number of carbonyl (C=O) groups excluding carboxylic acids is 1. The molecule has 0 saturated heterocycles. The number of rotatable bonds is 8. The first-order chi connectivity index (χ1) is 9.01. The van der Waals surface area contributed by atoms with Gasteiger partial charge in [-0.2, -0.15) is 5.10 Å². The van der Waals surface area contributed by atoms with E-state index in [0.717, 1.165) is 17.8 Å².